The fourth-order valence-electron chi connectivity index (χ4n) is 8.14. The molecule has 188 valence electrons. The number of carbonyl (C=O) groups is 1. The third-order valence-corrected chi connectivity index (χ3v) is 9.35. The number of hydrogen-bond acceptors (Lipinski definition) is 3. The largest absolute Gasteiger partial charge is 0.433 e. The van der Waals surface area contributed by atoms with Gasteiger partial charge in [0.1, 0.15) is 5.69 Å². The fraction of sp³-hybridized carbons (Fsp3) is 0.778. The molecule has 6 atom stereocenters. The highest BCUT2D eigenvalue weighted by atomic mass is 19.4. The molecule has 34 heavy (non-hydrogen) atoms. The van der Waals surface area contributed by atoms with E-state index in [1.54, 1.807) is 6.07 Å². The molecule has 1 amide bonds. The van der Waals surface area contributed by atoms with Crippen LogP contribution in [0.25, 0.3) is 0 Å². The number of amides is 1. The van der Waals surface area contributed by atoms with Gasteiger partial charge < -0.3 is 5.32 Å². The lowest BCUT2D eigenvalue weighted by atomic mass is 9.48. The minimum Gasteiger partial charge on any atom is -0.353 e. The monoisotopic (exact) mass is 477 g/mol. The molecule has 5 fully saturated rings. The van der Waals surface area contributed by atoms with Crippen molar-refractivity contribution in [2.45, 2.75) is 84.0 Å². The van der Waals surface area contributed by atoms with E-state index in [1.807, 2.05) is 0 Å². The van der Waals surface area contributed by atoms with E-state index in [2.05, 4.69) is 29.0 Å². The van der Waals surface area contributed by atoms with E-state index in [4.69, 9.17) is 0 Å². The van der Waals surface area contributed by atoms with Crippen molar-refractivity contribution in [3.05, 3.63) is 29.6 Å². The zero-order valence-electron chi connectivity index (χ0n) is 20.4. The van der Waals surface area contributed by atoms with Crippen molar-refractivity contribution in [3.63, 3.8) is 0 Å². The molecule has 1 aliphatic heterocycles. The maximum atomic E-state index is 13.4. The lowest BCUT2D eigenvalue weighted by Crippen LogP contribution is -2.59. The van der Waals surface area contributed by atoms with E-state index in [0.717, 1.165) is 44.3 Å². The second kappa shape index (κ2) is 9.11. The molecular formula is C27H38F3N3O. The number of carbonyl (C=O) groups excluding carboxylic acids is 1. The molecule has 0 spiro atoms. The maximum Gasteiger partial charge on any atom is 0.433 e. The molecule has 4 aliphatic carbocycles. The van der Waals surface area contributed by atoms with Crippen LogP contribution in [0, 0.1) is 35.0 Å². The quantitative estimate of drug-likeness (QED) is 0.574. The van der Waals surface area contributed by atoms with Gasteiger partial charge in [-0.1, -0.05) is 19.9 Å². The van der Waals surface area contributed by atoms with E-state index >= 15 is 0 Å². The summed E-state index contributed by atoms with van der Waals surface area (Å²) in [6, 6.07) is 4.47. The first kappa shape index (κ1) is 24.1. The van der Waals surface area contributed by atoms with Crippen molar-refractivity contribution in [3.8, 4) is 0 Å². The Morgan fingerprint density at radius 1 is 1.18 bits per heavy atom. The predicted octanol–water partition coefficient (Wildman–Crippen LogP) is 5.67. The van der Waals surface area contributed by atoms with Crippen molar-refractivity contribution >= 4 is 5.91 Å². The van der Waals surface area contributed by atoms with Crippen LogP contribution in [0.5, 0.6) is 0 Å². The van der Waals surface area contributed by atoms with E-state index < -0.39 is 11.9 Å². The highest BCUT2D eigenvalue weighted by Crippen LogP contribution is 2.59. The molecule has 1 aromatic rings. The van der Waals surface area contributed by atoms with Gasteiger partial charge in [-0.3, -0.25) is 9.69 Å². The smallest absolute Gasteiger partial charge is 0.353 e. The molecule has 4 saturated carbocycles. The second-order valence-corrected chi connectivity index (χ2v) is 12.0. The van der Waals surface area contributed by atoms with Gasteiger partial charge in [0.15, 0.2) is 0 Å². The van der Waals surface area contributed by atoms with Crippen LogP contribution in [-0.2, 0) is 17.5 Å². The second-order valence-electron chi connectivity index (χ2n) is 12.0. The SMILES string of the molecule is CCC(C(=O)NC1[C@@H]2C[C@@H]3C[C@H]1C[C@@](C)(C3)C2)C1CCN(Cc2cccc(C(F)(F)F)n2)CC1. The molecule has 1 N–H and O–H groups in total. The summed E-state index contributed by atoms with van der Waals surface area (Å²) in [7, 11) is 0. The van der Waals surface area contributed by atoms with E-state index in [-0.39, 0.29) is 11.8 Å². The molecule has 2 heterocycles. The molecule has 0 aromatic carbocycles. The first-order valence-corrected chi connectivity index (χ1v) is 13.2. The lowest BCUT2D eigenvalue weighted by molar-refractivity contribution is -0.141. The van der Waals surface area contributed by atoms with Crippen molar-refractivity contribution in [1.29, 1.82) is 0 Å². The summed E-state index contributed by atoms with van der Waals surface area (Å²) in [5, 5.41) is 3.53. The Balaban J connectivity index is 1.15. The third-order valence-electron chi connectivity index (χ3n) is 9.35. The number of nitrogens with zero attached hydrogens (tertiary/aromatic N) is 2. The van der Waals surface area contributed by atoms with Gasteiger partial charge in [-0.25, -0.2) is 4.98 Å². The molecule has 1 aromatic heterocycles. The topological polar surface area (TPSA) is 45.2 Å². The van der Waals surface area contributed by atoms with Crippen LogP contribution in [0.1, 0.15) is 76.6 Å². The first-order valence-electron chi connectivity index (χ1n) is 13.2. The minimum absolute atomic E-state index is 0.0293. The standard InChI is InChI=1S/C27H38F3N3O/c1-3-22(25(34)32-24-19-11-17-12-20(24)15-26(2,13-17)14-19)18-7-9-33(10-8-18)16-21-5-4-6-23(31-21)27(28,29)30/h4-6,17-20,22,24H,3,7-16H2,1-2H3,(H,32,34)/t17-,19-,20+,22?,24?,26+. The summed E-state index contributed by atoms with van der Waals surface area (Å²) in [6.45, 7) is 6.57. The van der Waals surface area contributed by atoms with Crippen molar-refractivity contribution in [1.82, 2.24) is 15.2 Å². The minimum atomic E-state index is -4.42. The average molecular weight is 478 g/mol. The molecule has 5 aliphatic rings. The van der Waals surface area contributed by atoms with Crippen LogP contribution in [-0.4, -0.2) is 34.9 Å². The Labute approximate surface area is 201 Å². The lowest BCUT2D eigenvalue weighted by Gasteiger charge is -2.59. The van der Waals surface area contributed by atoms with Crippen LogP contribution in [0.2, 0.25) is 0 Å². The molecule has 2 unspecified atom stereocenters. The number of likely N-dealkylation sites (tertiary alicyclic amines) is 1. The van der Waals surface area contributed by atoms with Crippen LogP contribution in [0.3, 0.4) is 0 Å². The van der Waals surface area contributed by atoms with Crippen molar-refractivity contribution < 1.29 is 18.0 Å². The number of aromatic nitrogens is 1. The summed E-state index contributed by atoms with van der Waals surface area (Å²) in [5.74, 6) is 2.78. The van der Waals surface area contributed by atoms with Crippen molar-refractivity contribution in [2.75, 3.05) is 13.1 Å². The molecule has 4 nitrogen and oxygen atoms in total. The van der Waals surface area contributed by atoms with E-state index in [1.165, 1.54) is 38.2 Å². The van der Waals surface area contributed by atoms with Gasteiger partial charge in [-0.2, -0.15) is 13.2 Å². The molecule has 1 saturated heterocycles. The number of halogens is 3. The van der Waals surface area contributed by atoms with Crippen LogP contribution in [0.15, 0.2) is 18.2 Å². The normalized spacial score (nSPS) is 34.9. The van der Waals surface area contributed by atoms with Gasteiger partial charge in [0.05, 0.1) is 5.69 Å². The number of alkyl halides is 3. The van der Waals surface area contributed by atoms with Crippen molar-refractivity contribution in [2.24, 2.45) is 35.0 Å². The highest BCUT2D eigenvalue weighted by Gasteiger charge is 2.53. The molecule has 6 rings (SSSR count). The molecular weight excluding hydrogens is 439 g/mol. The Kier molecular flexibility index (Phi) is 6.45. The predicted molar refractivity (Wildman–Crippen MR) is 125 cm³/mol. The zero-order chi connectivity index (χ0) is 24.1. The summed E-state index contributed by atoms with van der Waals surface area (Å²) >= 11 is 0. The number of pyridine rings is 1. The van der Waals surface area contributed by atoms with Gasteiger partial charge in [-0.15, -0.1) is 0 Å². The molecule has 7 heteroatoms. The van der Waals surface area contributed by atoms with Gasteiger partial charge in [0.2, 0.25) is 5.91 Å². The number of rotatable bonds is 6. The highest BCUT2D eigenvalue weighted by molar-refractivity contribution is 5.79. The number of piperidine rings is 1. The zero-order valence-corrected chi connectivity index (χ0v) is 20.4. The number of hydrogen-bond donors (Lipinski definition) is 1. The maximum absolute atomic E-state index is 13.4. The van der Waals surface area contributed by atoms with Crippen LogP contribution in [0.4, 0.5) is 13.2 Å². The van der Waals surface area contributed by atoms with E-state index in [9.17, 15) is 18.0 Å². The van der Waals surface area contributed by atoms with Gasteiger partial charge in [0.25, 0.3) is 0 Å². The number of nitrogens with one attached hydrogen (secondary N) is 1. The summed E-state index contributed by atoms with van der Waals surface area (Å²) < 4.78 is 38.9. The Bertz CT molecular complexity index is 879. The first-order chi connectivity index (χ1) is 16.1. The Hall–Kier alpha value is -1.63. The Morgan fingerprint density at radius 3 is 2.44 bits per heavy atom. The van der Waals surface area contributed by atoms with Crippen LogP contribution < -0.4 is 5.32 Å². The third kappa shape index (κ3) is 4.87. The molecule has 0 radical (unpaired) electrons. The average Bonchev–Trinajstić information content (AvgIpc) is 2.76. The van der Waals surface area contributed by atoms with Crippen LogP contribution >= 0.6 is 0 Å². The fourth-order valence-corrected chi connectivity index (χ4v) is 8.14. The summed E-state index contributed by atoms with van der Waals surface area (Å²) in [4.78, 5) is 19.4. The van der Waals surface area contributed by atoms with E-state index in [0.29, 0.717) is 41.4 Å². The molecule has 4 bridgehead atoms. The van der Waals surface area contributed by atoms with Gasteiger partial charge >= 0.3 is 6.18 Å². The van der Waals surface area contributed by atoms with Gasteiger partial charge in [-0.05, 0) is 106 Å². The summed E-state index contributed by atoms with van der Waals surface area (Å²) in [6.07, 6.45) is 4.73. The Morgan fingerprint density at radius 2 is 1.85 bits per heavy atom. The van der Waals surface area contributed by atoms with Gasteiger partial charge in [0, 0.05) is 18.5 Å². The summed E-state index contributed by atoms with van der Waals surface area (Å²) in [5.41, 5.74) is 0.124.